The molecule has 2 aromatic heterocycles. The molecule has 24 heavy (non-hydrogen) atoms. The van der Waals surface area contributed by atoms with Gasteiger partial charge in [-0.05, 0) is 32.1 Å². The fourth-order valence-electron chi connectivity index (χ4n) is 2.86. The van der Waals surface area contributed by atoms with Gasteiger partial charge in [-0.3, -0.25) is 4.98 Å². The van der Waals surface area contributed by atoms with Crippen LogP contribution < -0.4 is 5.32 Å². The summed E-state index contributed by atoms with van der Waals surface area (Å²) in [6, 6.07) is 4.23. The molecule has 1 saturated heterocycles. The van der Waals surface area contributed by atoms with Crippen molar-refractivity contribution in [1.82, 2.24) is 25.1 Å². The number of nitrogens with zero attached hydrogens (tertiary/aromatic N) is 4. The molecule has 2 amide bonds. The number of nitrogens with one attached hydrogen (secondary N) is 1. The molecule has 0 spiro atoms. The number of hydrogen-bond acceptors (Lipinski definition) is 5. The molecule has 1 atom stereocenters. The summed E-state index contributed by atoms with van der Waals surface area (Å²) in [6.07, 6.45) is 5.33. The van der Waals surface area contributed by atoms with Crippen molar-refractivity contribution in [1.29, 1.82) is 0 Å². The second kappa shape index (κ2) is 7.72. The zero-order valence-corrected chi connectivity index (χ0v) is 14.9. The van der Waals surface area contributed by atoms with Gasteiger partial charge in [0.2, 0.25) is 0 Å². The van der Waals surface area contributed by atoms with Crippen LogP contribution in [0.15, 0.2) is 29.9 Å². The molecule has 0 bridgehead atoms. The molecule has 0 unspecified atom stereocenters. The van der Waals surface area contributed by atoms with Crippen LogP contribution in [0.3, 0.4) is 0 Å². The first kappa shape index (κ1) is 16.9. The SMILES string of the molecule is CN1CC[C@H](N(C)C(=O)NCCc2csc(-c3ccncc3)n2)C1. The fraction of sp³-hybridized carbons (Fsp3) is 0.471. The molecular weight excluding hydrogens is 322 g/mol. The van der Waals surface area contributed by atoms with E-state index in [-0.39, 0.29) is 6.03 Å². The standard InChI is InChI=1S/C17H23N5OS/c1-21-10-6-15(11-21)22(2)17(23)19-9-5-14-12-24-16(20-14)13-3-7-18-8-4-13/h3-4,7-8,12,15H,5-6,9-11H2,1-2H3,(H,19,23)/t15-/m0/s1. The molecule has 0 radical (unpaired) electrons. The summed E-state index contributed by atoms with van der Waals surface area (Å²) in [5.74, 6) is 0. The predicted octanol–water partition coefficient (Wildman–Crippen LogP) is 2.09. The second-order valence-corrected chi connectivity index (χ2v) is 7.04. The van der Waals surface area contributed by atoms with Gasteiger partial charge in [0.15, 0.2) is 0 Å². The third-order valence-electron chi connectivity index (χ3n) is 4.37. The number of hydrogen-bond donors (Lipinski definition) is 1. The van der Waals surface area contributed by atoms with Gasteiger partial charge in [-0.2, -0.15) is 0 Å². The Morgan fingerprint density at radius 3 is 2.96 bits per heavy atom. The normalized spacial score (nSPS) is 17.8. The van der Waals surface area contributed by atoms with E-state index in [1.54, 1.807) is 23.7 Å². The van der Waals surface area contributed by atoms with E-state index in [0.29, 0.717) is 12.6 Å². The number of likely N-dealkylation sites (tertiary alicyclic amines) is 1. The Kier molecular flexibility index (Phi) is 5.42. The number of aromatic nitrogens is 2. The van der Waals surface area contributed by atoms with Crippen LogP contribution in [-0.4, -0.2) is 65.6 Å². The summed E-state index contributed by atoms with van der Waals surface area (Å²) in [7, 11) is 3.97. The lowest BCUT2D eigenvalue weighted by molar-refractivity contribution is 0.191. The summed E-state index contributed by atoms with van der Waals surface area (Å²) >= 11 is 1.62. The number of rotatable bonds is 5. The average Bonchev–Trinajstić information content (AvgIpc) is 3.24. The maximum atomic E-state index is 12.2. The minimum absolute atomic E-state index is 0.000105. The summed E-state index contributed by atoms with van der Waals surface area (Å²) in [5.41, 5.74) is 2.09. The zero-order chi connectivity index (χ0) is 16.9. The van der Waals surface area contributed by atoms with Crippen molar-refractivity contribution in [3.05, 3.63) is 35.6 Å². The predicted molar refractivity (Wildman–Crippen MR) is 96.1 cm³/mol. The van der Waals surface area contributed by atoms with Crippen molar-refractivity contribution >= 4 is 17.4 Å². The van der Waals surface area contributed by atoms with Crippen LogP contribution in [0.2, 0.25) is 0 Å². The van der Waals surface area contributed by atoms with Gasteiger partial charge in [0.1, 0.15) is 5.01 Å². The molecule has 0 aliphatic carbocycles. The number of amides is 2. The van der Waals surface area contributed by atoms with Crippen molar-refractivity contribution in [2.45, 2.75) is 18.9 Å². The third-order valence-corrected chi connectivity index (χ3v) is 5.31. The molecular formula is C17H23N5OS. The molecule has 6 nitrogen and oxygen atoms in total. The Morgan fingerprint density at radius 2 is 2.25 bits per heavy atom. The Labute approximate surface area is 146 Å². The van der Waals surface area contributed by atoms with Crippen LogP contribution >= 0.6 is 11.3 Å². The van der Waals surface area contributed by atoms with E-state index < -0.39 is 0 Å². The van der Waals surface area contributed by atoms with Gasteiger partial charge in [-0.15, -0.1) is 11.3 Å². The highest BCUT2D eigenvalue weighted by Gasteiger charge is 2.26. The van der Waals surface area contributed by atoms with Gasteiger partial charge in [-0.1, -0.05) is 0 Å². The van der Waals surface area contributed by atoms with E-state index in [0.717, 1.165) is 42.2 Å². The summed E-state index contributed by atoms with van der Waals surface area (Å²) in [4.78, 5) is 25.0. The lowest BCUT2D eigenvalue weighted by atomic mass is 10.2. The first-order valence-corrected chi connectivity index (χ1v) is 9.05. The third kappa shape index (κ3) is 4.10. The maximum Gasteiger partial charge on any atom is 0.317 e. The number of urea groups is 1. The summed E-state index contributed by atoms with van der Waals surface area (Å²) < 4.78 is 0. The quantitative estimate of drug-likeness (QED) is 0.901. The molecule has 3 heterocycles. The smallest absolute Gasteiger partial charge is 0.317 e. The van der Waals surface area contributed by atoms with Crippen LogP contribution in [0, 0.1) is 0 Å². The molecule has 2 aromatic rings. The van der Waals surface area contributed by atoms with Crippen molar-refractivity contribution in [3.8, 4) is 10.6 Å². The van der Waals surface area contributed by atoms with E-state index in [2.05, 4.69) is 32.6 Å². The number of pyridine rings is 1. The van der Waals surface area contributed by atoms with E-state index >= 15 is 0 Å². The Balaban J connectivity index is 1.46. The molecule has 128 valence electrons. The van der Waals surface area contributed by atoms with Crippen LogP contribution in [0.5, 0.6) is 0 Å². The maximum absolute atomic E-state index is 12.2. The summed E-state index contributed by atoms with van der Waals surface area (Å²) in [5, 5.41) is 6.04. The largest absolute Gasteiger partial charge is 0.338 e. The molecule has 1 fully saturated rings. The highest BCUT2D eigenvalue weighted by atomic mass is 32.1. The van der Waals surface area contributed by atoms with Gasteiger partial charge in [0, 0.05) is 55.9 Å². The number of likely N-dealkylation sites (N-methyl/N-ethyl adjacent to an activating group) is 2. The first-order valence-electron chi connectivity index (χ1n) is 8.17. The van der Waals surface area contributed by atoms with Crippen LogP contribution in [0.25, 0.3) is 10.6 Å². The lowest BCUT2D eigenvalue weighted by Gasteiger charge is -2.24. The molecule has 0 aromatic carbocycles. The second-order valence-electron chi connectivity index (χ2n) is 6.18. The van der Waals surface area contributed by atoms with Crippen LogP contribution in [0.4, 0.5) is 4.79 Å². The van der Waals surface area contributed by atoms with Crippen molar-refractivity contribution in [2.75, 3.05) is 33.7 Å². The molecule has 3 rings (SSSR count). The molecule has 7 heteroatoms. The Bertz CT molecular complexity index is 675. The minimum Gasteiger partial charge on any atom is -0.338 e. The molecule has 1 aliphatic rings. The monoisotopic (exact) mass is 345 g/mol. The topological polar surface area (TPSA) is 61.4 Å². The van der Waals surface area contributed by atoms with Crippen LogP contribution in [0.1, 0.15) is 12.1 Å². The van der Waals surface area contributed by atoms with Crippen LogP contribution in [-0.2, 0) is 6.42 Å². The first-order chi connectivity index (χ1) is 11.6. The molecule has 1 N–H and O–H groups in total. The molecule has 0 saturated carbocycles. The Hall–Kier alpha value is -1.99. The highest BCUT2D eigenvalue weighted by molar-refractivity contribution is 7.13. The van der Waals surface area contributed by atoms with Crippen molar-refractivity contribution < 1.29 is 4.79 Å². The number of thiazole rings is 1. The van der Waals surface area contributed by atoms with E-state index in [9.17, 15) is 4.79 Å². The lowest BCUT2D eigenvalue weighted by Crippen LogP contribution is -2.45. The Morgan fingerprint density at radius 1 is 1.46 bits per heavy atom. The van der Waals surface area contributed by atoms with E-state index in [1.807, 2.05) is 24.1 Å². The van der Waals surface area contributed by atoms with Gasteiger partial charge >= 0.3 is 6.03 Å². The van der Waals surface area contributed by atoms with Gasteiger partial charge < -0.3 is 15.1 Å². The summed E-state index contributed by atoms with van der Waals surface area (Å²) in [6.45, 7) is 2.61. The average molecular weight is 345 g/mol. The number of carbonyl (C=O) groups is 1. The minimum atomic E-state index is -0.000105. The van der Waals surface area contributed by atoms with Gasteiger partial charge in [0.25, 0.3) is 0 Å². The highest BCUT2D eigenvalue weighted by Crippen LogP contribution is 2.22. The van der Waals surface area contributed by atoms with E-state index in [4.69, 9.17) is 0 Å². The fourth-order valence-corrected chi connectivity index (χ4v) is 3.73. The van der Waals surface area contributed by atoms with Crippen molar-refractivity contribution in [2.24, 2.45) is 0 Å². The van der Waals surface area contributed by atoms with E-state index in [1.165, 1.54) is 0 Å². The zero-order valence-electron chi connectivity index (χ0n) is 14.1. The van der Waals surface area contributed by atoms with Gasteiger partial charge in [0.05, 0.1) is 5.69 Å². The van der Waals surface area contributed by atoms with Crippen molar-refractivity contribution in [3.63, 3.8) is 0 Å². The van der Waals surface area contributed by atoms with Gasteiger partial charge in [-0.25, -0.2) is 9.78 Å². The number of carbonyl (C=O) groups excluding carboxylic acids is 1. The molecule has 1 aliphatic heterocycles.